The zero-order chi connectivity index (χ0) is 18.6. The van der Waals surface area contributed by atoms with Crippen LogP contribution in [0.25, 0.3) is 0 Å². The van der Waals surface area contributed by atoms with Crippen LogP contribution < -0.4 is 10.6 Å². The molecule has 2 aliphatic rings. The van der Waals surface area contributed by atoms with Crippen LogP contribution in [-0.2, 0) is 31.9 Å². The zero-order valence-corrected chi connectivity index (χ0v) is 15.6. The maximum atomic E-state index is 12.3. The summed E-state index contributed by atoms with van der Waals surface area (Å²) in [6, 6.07) is 8.14. The summed E-state index contributed by atoms with van der Waals surface area (Å²) >= 11 is 0. The molecule has 0 spiro atoms. The number of nitrogens with one attached hydrogen (secondary N) is 2. The molecule has 2 atom stereocenters. The Kier molecular flexibility index (Phi) is 5.63. The summed E-state index contributed by atoms with van der Waals surface area (Å²) in [4.78, 5) is 24.7. The van der Waals surface area contributed by atoms with Gasteiger partial charge in [-0.25, -0.2) is 0 Å². The van der Waals surface area contributed by atoms with Crippen LogP contribution >= 0.6 is 0 Å². The first-order valence-electron chi connectivity index (χ1n) is 9.28. The summed E-state index contributed by atoms with van der Waals surface area (Å²) in [7, 11) is 2.87. The van der Waals surface area contributed by atoms with Gasteiger partial charge in [-0.3, -0.25) is 9.59 Å². The third-order valence-electron chi connectivity index (χ3n) is 5.64. The van der Waals surface area contributed by atoms with Gasteiger partial charge in [-0.15, -0.1) is 0 Å². The molecule has 6 nitrogen and oxygen atoms in total. The number of carbonyl (C=O) groups excluding carboxylic acids is 2. The van der Waals surface area contributed by atoms with E-state index in [2.05, 4.69) is 16.7 Å². The summed E-state index contributed by atoms with van der Waals surface area (Å²) in [5, 5.41) is 6.67. The monoisotopic (exact) mass is 360 g/mol. The van der Waals surface area contributed by atoms with Gasteiger partial charge in [0.1, 0.15) is 11.1 Å². The molecule has 0 aromatic heterocycles. The number of benzene rings is 1. The number of hydrogen-bond acceptors (Lipinski definition) is 6. The largest absolute Gasteiger partial charge is 0.468 e. The number of rotatable bonds is 6. The Bertz CT molecular complexity index is 608. The minimum atomic E-state index is -0.640. The number of carbonyl (C=O) groups is 2. The van der Waals surface area contributed by atoms with Crippen molar-refractivity contribution in [2.24, 2.45) is 0 Å². The van der Waals surface area contributed by atoms with E-state index in [9.17, 15) is 9.59 Å². The predicted octanol–water partition coefficient (Wildman–Crippen LogP) is 1.36. The summed E-state index contributed by atoms with van der Waals surface area (Å²) in [6.45, 7) is 1.65. The van der Waals surface area contributed by atoms with Crippen LogP contribution in [0.1, 0.15) is 36.8 Å². The fourth-order valence-corrected chi connectivity index (χ4v) is 4.34. The van der Waals surface area contributed by atoms with Crippen LogP contribution in [0.15, 0.2) is 24.3 Å². The molecule has 0 radical (unpaired) electrons. The molecule has 6 heteroatoms. The lowest BCUT2D eigenvalue weighted by Crippen LogP contribution is -2.50. The summed E-state index contributed by atoms with van der Waals surface area (Å²) in [5.41, 5.74) is 0.860. The van der Waals surface area contributed by atoms with Gasteiger partial charge in [0.2, 0.25) is 0 Å². The van der Waals surface area contributed by atoms with E-state index in [1.165, 1.54) is 14.2 Å². The highest BCUT2D eigenvalue weighted by Crippen LogP contribution is 2.29. The van der Waals surface area contributed by atoms with E-state index in [0.717, 1.165) is 49.9 Å². The fraction of sp³-hybridized carbons (Fsp3) is 0.600. The molecule has 3 rings (SSSR count). The van der Waals surface area contributed by atoms with Crippen molar-refractivity contribution in [3.63, 3.8) is 0 Å². The standard InChI is InChI=1S/C20H28N2O4/c1-25-17(23)19(8-4-10-21-19)13-15-6-3-7-16(12-15)14-20(18(24)26-2)9-5-11-22-20/h3,6-7,12,21-22H,4-5,8-11,13-14H2,1-2H3. The Morgan fingerprint density at radius 2 is 1.38 bits per heavy atom. The van der Waals surface area contributed by atoms with Gasteiger partial charge in [0.05, 0.1) is 14.2 Å². The molecule has 0 saturated carbocycles. The van der Waals surface area contributed by atoms with Crippen LogP contribution in [0, 0.1) is 0 Å². The Balaban J connectivity index is 1.80. The molecule has 26 heavy (non-hydrogen) atoms. The van der Waals surface area contributed by atoms with Crippen molar-refractivity contribution in [1.82, 2.24) is 10.6 Å². The van der Waals surface area contributed by atoms with Gasteiger partial charge >= 0.3 is 11.9 Å². The number of ether oxygens (including phenoxy) is 2. The number of hydrogen-bond donors (Lipinski definition) is 2. The van der Waals surface area contributed by atoms with Crippen molar-refractivity contribution < 1.29 is 19.1 Å². The molecular weight excluding hydrogens is 332 g/mol. The van der Waals surface area contributed by atoms with Crippen molar-refractivity contribution in [1.29, 1.82) is 0 Å². The van der Waals surface area contributed by atoms with Gasteiger partial charge in [-0.2, -0.15) is 0 Å². The number of methoxy groups -OCH3 is 2. The fourth-order valence-electron chi connectivity index (χ4n) is 4.34. The molecule has 142 valence electrons. The second kappa shape index (κ2) is 7.76. The van der Waals surface area contributed by atoms with Crippen LogP contribution in [0.3, 0.4) is 0 Å². The van der Waals surface area contributed by atoms with E-state index < -0.39 is 11.1 Å². The minimum Gasteiger partial charge on any atom is -0.468 e. The molecule has 1 aromatic carbocycles. The molecule has 2 fully saturated rings. The van der Waals surface area contributed by atoms with Gasteiger partial charge < -0.3 is 20.1 Å². The Morgan fingerprint density at radius 3 is 1.73 bits per heavy atom. The molecule has 2 unspecified atom stereocenters. The first-order chi connectivity index (χ1) is 12.5. The Hall–Kier alpha value is -1.92. The first-order valence-corrected chi connectivity index (χ1v) is 9.28. The lowest BCUT2D eigenvalue weighted by atomic mass is 9.86. The van der Waals surface area contributed by atoms with Gasteiger partial charge in [-0.05, 0) is 49.9 Å². The van der Waals surface area contributed by atoms with Gasteiger partial charge in [0, 0.05) is 12.8 Å². The normalized spacial score (nSPS) is 28.1. The Morgan fingerprint density at radius 1 is 0.923 bits per heavy atom. The van der Waals surface area contributed by atoms with Crippen molar-refractivity contribution in [2.75, 3.05) is 27.3 Å². The smallest absolute Gasteiger partial charge is 0.326 e. The molecule has 0 amide bonds. The average molecular weight is 360 g/mol. The molecule has 0 bridgehead atoms. The third kappa shape index (κ3) is 3.62. The summed E-state index contributed by atoms with van der Waals surface area (Å²) in [5.74, 6) is -0.409. The molecule has 2 heterocycles. The van der Waals surface area contributed by atoms with Gasteiger partial charge in [-0.1, -0.05) is 24.3 Å². The van der Waals surface area contributed by atoms with Crippen molar-refractivity contribution in [3.05, 3.63) is 35.4 Å². The lowest BCUT2D eigenvalue weighted by Gasteiger charge is -2.28. The third-order valence-corrected chi connectivity index (χ3v) is 5.64. The van der Waals surface area contributed by atoms with Gasteiger partial charge in [0.25, 0.3) is 0 Å². The molecular formula is C20H28N2O4. The highest BCUT2D eigenvalue weighted by Gasteiger charge is 2.43. The minimum absolute atomic E-state index is 0.205. The molecule has 2 saturated heterocycles. The topological polar surface area (TPSA) is 76.7 Å². The highest BCUT2D eigenvalue weighted by atomic mass is 16.5. The van der Waals surface area contributed by atoms with E-state index in [-0.39, 0.29) is 11.9 Å². The first kappa shape index (κ1) is 18.9. The van der Waals surface area contributed by atoms with Crippen molar-refractivity contribution in [2.45, 2.75) is 49.6 Å². The average Bonchev–Trinajstić information content (AvgIpc) is 3.32. The second-order valence-electron chi connectivity index (χ2n) is 7.38. The quantitative estimate of drug-likeness (QED) is 0.746. The highest BCUT2D eigenvalue weighted by molar-refractivity contribution is 5.82. The van der Waals surface area contributed by atoms with Crippen LogP contribution in [0.2, 0.25) is 0 Å². The van der Waals surface area contributed by atoms with E-state index in [0.29, 0.717) is 12.8 Å². The second-order valence-corrected chi connectivity index (χ2v) is 7.38. The SMILES string of the molecule is COC(=O)C1(Cc2cccc(CC3(C(=O)OC)CCCN3)c2)CCCN1. The van der Waals surface area contributed by atoms with Crippen LogP contribution in [0.5, 0.6) is 0 Å². The maximum Gasteiger partial charge on any atom is 0.326 e. The maximum absolute atomic E-state index is 12.3. The summed E-state index contributed by atoms with van der Waals surface area (Å²) < 4.78 is 10.1. The Labute approximate surface area is 154 Å². The lowest BCUT2D eigenvalue weighted by molar-refractivity contribution is -0.148. The van der Waals surface area contributed by atoms with Crippen LogP contribution in [-0.4, -0.2) is 50.3 Å². The van der Waals surface area contributed by atoms with E-state index in [4.69, 9.17) is 9.47 Å². The van der Waals surface area contributed by atoms with E-state index in [1.54, 1.807) is 0 Å². The predicted molar refractivity (Wildman–Crippen MR) is 97.8 cm³/mol. The molecule has 2 N–H and O–H groups in total. The molecule has 1 aromatic rings. The van der Waals surface area contributed by atoms with E-state index >= 15 is 0 Å². The summed E-state index contributed by atoms with van der Waals surface area (Å²) in [6.07, 6.45) is 4.65. The molecule has 0 aliphatic carbocycles. The zero-order valence-electron chi connectivity index (χ0n) is 15.6. The number of esters is 2. The van der Waals surface area contributed by atoms with E-state index in [1.807, 2.05) is 18.2 Å². The molecule has 2 aliphatic heterocycles. The van der Waals surface area contributed by atoms with Crippen molar-refractivity contribution >= 4 is 11.9 Å². The van der Waals surface area contributed by atoms with Crippen molar-refractivity contribution in [3.8, 4) is 0 Å². The van der Waals surface area contributed by atoms with Gasteiger partial charge in [0.15, 0.2) is 0 Å². The van der Waals surface area contributed by atoms with Crippen LogP contribution in [0.4, 0.5) is 0 Å².